The third-order valence-corrected chi connectivity index (χ3v) is 0. The molecule has 16 heteroatoms. The van der Waals surface area contributed by atoms with Gasteiger partial charge in [0.2, 0.25) is 0 Å². The summed E-state index contributed by atoms with van der Waals surface area (Å²) >= 11 is 0. The van der Waals surface area contributed by atoms with Crippen LogP contribution in [0.5, 0.6) is 0 Å². The molecule has 0 spiro atoms. The molecule has 0 fully saturated rings. The summed E-state index contributed by atoms with van der Waals surface area (Å²) in [5, 5.41) is 0. The van der Waals surface area contributed by atoms with Gasteiger partial charge in [-0.2, -0.15) is 0 Å². The van der Waals surface area contributed by atoms with Crippen LogP contribution < -0.4 is 0 Å². The van der Waals surface area contributed by atoms with Gasteiger partial charge in [-0.25, -0.2) is 0 Å². The van der Waals surface area contributed by atoms with Gasteiger partial charge in [-0.3, -0.25) is 0 Å². The van der Waals surface area contributed by atoms with Crippen LogP contribution in [0, 0.1) is 79.8 Å². The van der Waals surface area contributed by atoms with Crippen molar-refractivity contribution < 1.29 is 135 Å². The number of hydrogen-bond donors (Lipinski definition) is 0. The first-order chi connectivity index (χ1) is 12.0. The Kier molecular flexibility index (Phi) is 271000. The zero-order chi connectivity index (χ0) is 24.0. The van der Waals surface area contributed by atoms with Crippen LogP contribution in [0.3, 0.4) is 0 Å². The van der Waals surface area contributed by atoms with Gasteiger partial charge in [-0.05, 0) is 0 Å². The van der Waals surface area contributed by atoms with Crippen LogP contribution in [-0.2, 0) is 135 Å². The first-order valence-corrected chi connectivity index (χ1v) is 2.45. The summed E-state index contributed by atoms with van der Waals surface area (Å²) in [6.45, 7) is 54.0. The molecule has 0 unspecified atom stereocenters. The number of rotatable bonds is 0. The maximum atomic E-state index is 7.50. The largest absolute Gasteiger partial charge is 0 e. The molecule has 0 aliphatic carbocycles. The minimum Gasteiger partial charge on any atom is 0 e. The van der Waals surface area contributed by atoms with E-state index >= 15 is 0 Å². The molecule has 0 atom stereocenters. The molecule has 0 bridgehead atoms. The maximum absolute atomic E-state index is 7.50. The van der Waals surface area contributed by atoms with Crippen molar-refractivity contribution in [3.8, 4) is 0 Å². The fourth-order valence-corrected chi connectivity index (χ4v) is 0. The van der Waals surface area contributed by atoms with Crippen molar-refractivity contribution in [2.75, 3.05) is 0 Å². The van der Waals surface area contributed by atoms with E-state index in [-0.39, 0.29) is 79.2 Å². The Morgan fingerprint density at radius 1 is 0.143 bits per heavy atom. The zero-order valence-electron chi connectivity index (χ0n) is 12.3. The Labute approximate surface area is 213 Å². The van der Waals surface area contributed by atoms with E-state index in [1.165, 1.54) is 0 Å². The molecule has 0 N–H and O–H groups in total. The molecule has 152 valence electrons. The third-order valence-electron chi connectivity index (χ3n) is 0. The first kappa shape index (κ1) is 147. The fraction of sp³-hybridized carbons (Fsp3) is 0. The van der Waals surface area contributed by atoms with Crippen LogP contribution in [0.25, 0.3) is 0 Å². The van der Waals surface area contributed by atoms with E-state index in [0.717, 1.165) is 0 Å². The minimum atomic E-state index is 0. The molecule has 0 aromatic rings. The monoisotopic (exact) mass is 1100 g/mol. The van der Waals surface area contributed by atoms with Crippen LogP contribution in [0.1, 0.15) is 0 Å². The molecule has 12 nitrogen and oxygen atoms in total. The smallest absolute Gasteiger partial charge is 0 e. The summed E-state index contributed by atoms with van der Waals surface area (Å²) in [5.41, 5.74) is 0. The van der Waals surface area contributed by atoms with Crippen molar-refractivity contribution in [3.63, 3.8) is 0 Å². The maximum Gasteiger partial charge on any atom is 0 e. The zero-order valence-corrected chi connectivity index (χ0v) is 22.5. The average molecular weight is 1100 g/mol. The topological polar surface area (TPSA) is 239 Å². The van der Waals surface area contributed by atoms with Crippen LogP contribution in [-0.4, -0.2) is 0 Å². The summed E-state index contributed by atoms with van der Waals surface area (Å²) < 4.78 is 90.0. The van der Waals surface area contributed by atoms with E-state index in [2.05, 4.69) is 79.8 Å². The third kappa shape index (κ3) is 46000. The molecule has 0 amide bonds. The van der Waals surface area contributed by atoms with Crippen molar-refractivity contribution >= 4 is 0 Å². The van der Waals surface area contributed by atoms with Crippen LogP contribution >= 0.6 is 0 Å². The molecule has 0 aliphatic heterocycles. The van der Waals surface area contributed by atoms with E-state index < -0.39 is 0 Å². The molecule has 0 aromatic heterocycles. The van der Waals surface area contributed by atoms with Gasteiger partial charge in [-0.15, -0.1) is 0 Å². The normalized spacial score (nSPS) is 0.857. The Bertz CT molecular complexity index is 227. The molecule has 28 heavy (non-hydrogen) atoms. The van der Waals surface area contributed by atoms with Crippen molar-refractivity contribution in [1.29, 1.82) is 0 Å². The summed E-state index contributed by atoms with van der Waals surface area (Å²) in [4.78, 5) is 0. The predicted octanol–water partition coefficient (Wildman–Crippen LogP) is -0.460. The summed E-state index contributed by atoms with van der Waals surface area (Å²) in [6, 6.07) is 0. The SMILES string of the molecule is [C-]#[O+].[C-]#[O+].[C-]#[O+].[C-]#[O+].[C-]#[O+].[C-]#[O+].[C-]#[O+].[C-]#[O+].[C-]#[O+].[C-]#[O+].[C-]#[O+].[C-]#[O+].[Os].[Os].[Os].[Os]. The average Bonchev–Trinajstić information content (AvgIpc) is 2.84. The van der Waals surface area contributed by atoms with E-state index in [4.69, 9.17) is 55.8 Å². The molecular formula is C12O12Os4. The molecule has 0 heterocycles. The van der Waals surface area contributed by atoms with Gasteiger partial charge in [0.25, 0.3) is 0 Å². The minimum absolute atomic E-state index is 0. The fourth-order valence-electron chi connectivity index (χ4n) is 0. The van der Waals surface area contributed by atoms with Crippen molar-refractivity contribution in [2.24, 2.45) is 0 Å². The second kappa shape index (κ2) is 51800. The van der Waals surface area contributed by atoms with Gasteiger partial charge < -0.3 is 0 Å². The van der Waals surface area contributed by atoms with Crippen LogP contribution in [0.2, 0.25) is 0 Å². The Morgan fingerprint density at radius 2 is 0.143 bits per heavy atom. The second-order valence-electron chi connectivity index (χ2n) is 0. The first-order valence-electron chi connectivity index (χ1n) is 2.45. The summed E-state index contributed by atoms with van der Waals surface area (Å²) in [6.07, 6.45) is 0. The second-order valence-corrected chi connectivity index (χ2v) is 0. The van der Waals surface area contributed by atoms with Gasteiger partial charge in [0.1, 0.15) is 0 Å². The Balaban J connectivity index is -0.00000000396. The van der Waals surface area contributed by atoms with E-state index in [9.17, 15) is 0 Å². The van der Waals surface area contributed by atoms with Crippen LogP contribution in [0.15, 0.2) is 0 Å². The van der Waals surface area contributed by atoms with E-state index in [0.29, 0.717) is 0 Å². The van der Waals surface area contributed by atoms with Crippen molar-refractivity contribution in [1.82, 2.24) is 0 Å². The number of hydrogen-bond acceptors (Lipinski definition) is 0. The Morgan fingerprint density at radius 3 is 0.143 bits per heavy atom. The molecule has 0 aromatic carbocycles. The standard InChI is InChI=1S/12CO.4Os/c12*1-2;;;;. The van der Waals surface area contributed by atoms with Gasteiger partial charge in [0, 0.05) is 79.2 Å². The van der Waals surface area contributed by atoms with Gasteiger partial charge >= 0.3 is 136 Å². The molecule has 0 aliphatic rings. The predicted molar refractivity (Wildman–Crippen MR) is 47.2 cm³/mol. The summed E-state index contributed by atoms with van der Waals surface area (Å²) in [5.74, 6) is 0. The summed E-state index contributed by atoms with van der Waals surface area (Å²) in [7, 11) is 0. The molecular weight excluding hydrogens is 1100 g/mol. The van der Waals surface area contributed by atoms with Gasteiger partial charge in [0.05, 0.1) is 0 Å². The Hall–Kier alpha value is -0.575. The van der Waals surface area contributed by atoms with Crippen molar-refractivity contribution in [2.45, 2.75) is 0 Å². The van der Waals surface area contributed by atoms with E-state index in [1.54, 1.807) is 0 Å². The molecule has 0 rings (SSSR count). The van der Waals surface area contributed by atoms with Crippen molar-refractivity contribution in [3.05, 3.63) is 79.8 Å². The molecule has 0 radical (unpaired) electrons. The molecule has 0 saturated heterocycles. The molecule has 0 saturated carbocycles. The van der Waals surface area contributed by atoms with E-state index in [1.807, 2.05) is 0 Å². The van der Waals surface area contributed by atoms with Gasteiger partial charge in [0.15, 0.2) is 0 Å². The quantitative estimate of drug-likeness (QED) is 0.221. The van der Waals surface area contributed by atoms with Crippen LogP contribution in [0.4, 0.5) is 0 Å². The van der Waals surface area contributed by atoms with Gasteiger partial charge in [-0.1, -0.05) is 0 Å².